The first kappa shape index (κ1) is 32.7. The van der Waals surface area contributed by atoms with Crippen LogP contribution in [0, 0.1) is 93.7 Å². The third-order valence-electron chi connectivity index (χ3n) is 3.60. The van der Waals surface area contributed by atoms with Gasteiger partial charge in [0.2, 0.25) is 0 Å². The van der Waals surface area contributed by atoms with Crippen molar-refractivity contribution in [1.29, 1.82) is 26.3 Å². The summed E-state index contributed by atoms with van der Waals surface area (Å²) in [5, 5.41) is 41.6. The van der Waals surface area contributed by atoms with Crippen molar-refractivity contribution in [3.63, 3.8) is 0 Å². The van der Waals surface area contributed by atoms with Gasteiger partial charge in [0, 0.05) is 25.9 Å². The molecule has 32 heavy (non-hydrogen) atoms. The fourth-order valence-corrected chi connectivity index (χ4v) is 1.96. The fourth-order valence-electron chi connectivity index (χ4n) is 1.96. The summed E-state index contributed by atoms with van der Waals surface area (Å²) >= 11 is 0. The van der Waals surface area contributed by atoms with Crippen LogP contribution >= 0.6 is 0 Å². The molecule has 0 aliphatic carbocycles. The molecule has 0 N–H and O–H groups in total. The van der Waals surface area contributed by atoms with E-state index in [9.17, 15) is 0 Å². The topological polar surface area (TPSA) is 129 Å². The van der Waals surface area contributed by atoms with E-state index in [0.29, 0.717) is 45.6 Å². The summed E-state index contributed by atoms with van der Waals surface area (Å²) in [4.78, 5) is 5.37. The van der Waals surface area contributed by atoms with Gasteiger partial charge in [-0.05, 0) is 13.0 Å². The molecule has 0 rings (SSSR count). The maximum absolute atomic E-state index is 8.38. The first-order chi connectivity index (χ1) is 15.5. The van der Waals surface area contributed by atoms with E-state index < -0.39 is 0 Å². The molecule has 0 unspecified atom stereocenters. The van der Waals surface area contributed by atoms with Crippen LogP contribution in [0.4, 0.5) is 0 Å². The SMILES string of the molecule is C#CCCCN(CC#N)CC#N.C#CCCN(CC#N)CC#N.C#CCN(CC)CC#N. The molecule has 0 atom stereocenters. The number of nitriles is 5. The normalized spacial score (nSPS) is 8.38. The van der Waals surface area contributed by atoms with Gasteiger partial charge >= 0.3 is 0 Å². The predicted molar refractivity (Wildman–Crippen MR) is 123 cm³/mol. The largest absolute Gasteiger partial charge is 0.280 e. The highest BCUT2D eigenvalue weighted by atomic mass is 15.1. The van der Waals surface area contributed by atoms with Crippen molar-refractivity contribution < 1.29 is 0 Å². The molecule has 8 heteroatoms. The van der Waals surface area contributed by atoms with Crippen LogP contribution in [-0.4, -0.2) is 73.6 Å². The third kappa shape index (κ3) is 26.0. The Morgan fingerprint density at radius 2 is 0.938 bits per heavy atom. The molecule has 0 aromatic rings. The lowest BCUT2D eigenvalue weighted by atomic mass is 10.3. The number of nitrogens with zero attached hydrogens (tertiary/aromatic N) is 8. The smallest absolute Gasteiger partial charge is 0.0874 e. The second-order valence-corrected chi connectivity index (χ2v) is 5.98. The van der Waals surface area contributed by atoms with Crippen LogP contribution in [0.5, 0.6) is 0 Å². The van der Waals surface area contributed by atoms with Gasteiger partial charge in [0.1, 0.15) is 0 Å². The Labute approximate surface area is 193 Å². The number of unbranched alkanes of at least 4 members (excludes halogenated alkanes) is 1. The van der Waals surface area contributed by atoms with Crippen LogP contribution in [0.2, 0.25) is 0 Å². The minimum absolute atomic E-state index is 0.273. The molecule has 0 fully saturated rings. The molecule has 0 radical (unpaired) electrons. The van der Waals surface area contributed by atoms with Gasteiger partial charge in [-0.1, -0.05) is 12.8 Å². The monoisotopic (exact) mass is 430 g/mol. The molecule has 0 aromatic heterocycles. The van der Waals surface area contributed by atoms with Gasteiger partial charge in [-0.3, -0.25) is 14.7 Å². The Kier molecular flexibility index (Phi) is 29.8. The minimum atomic E-state index is 0.273. The van der Waals surface area contributed by atoms with E-state index in [0.717, 1.165) is 19.5 Å². The van der Waals surface area contributed by atoms with E-state index in [-0.39, 0.29) is 13.1 Å². The van der Waals surface area contributed by atoms with E-state index in [1.807, 2.05) is 42.2 Å². The summed E-state index contributed by atoms with van der Waals surface area (Å²) in [6, 6.07) is 9.97. The number of hydrogen-bond donors (Lipinski definition) is 0. The quantitative estimate of drug-likeness (QED) is 0.259. The van der Waals surface area contributed by atoms with Crippen molar-refractivity contribution in [3.05, 3.63) is 0 Å². The third-order valence-corrected chi connectivity index (χ3v) is 3.60. The lowest BCUT2D eigenvalue weighted by molar-refractivity contribution is 0.339. The van der Waals surface area contributed by atoms with E-state index in [4.69, 9.17) is 45.6 Å². The van der Waals surface area contributed by atoms with Crippen molar-refractivity contribution in [1.82, 2.24) is 14.7 Å². The van der Waals surface area contributed by atoms with Gasteiger partial charge in [0.05, 0.1) is 69.6 Å². The predicted octanol–water partition coefficient (Wildman–Crippen LogP) is 1.57. The van der Waals surface area contributed by atoms with Crippen LogP contribution < -0.4 is 0 Å². The Morgan fingerprint density at radius 3 is 1.28 bits per heavy atom. The van der Waals surface area contributed by atoms with E-state index >= 15 is 0 Å². The van der Waals surface area contributed by atoms with Crippen LogP contribution in [0.1, 0.15) is 26.2 Å². The van der Waals surface area contributed by atoms with E-state index in [1.54, 1.807) is 9.80 Å². The summed E-state index contributed by atoms with van der Waals surface area (Å²) in [7, 11) is 0. The van der Waals surface area contributed by atoms with Gasteiger partial charge in [-0.2, -0.15) is 26.3 Å². The van der Waals surface area contributed by atoms with Crippen molar-refractivity contribution >= 4 is 0 Å². The van der Waals surface area contributed by atoms with E-state index in [2.05, 4.69) is 17.8 Å². The van der Waals surface area contributed by atoms with Gasteiger partial charge in [-0.15, -0.1) is 31.1 Å². The molecule has 8 nitrogen and oxygen atoms in total. The lowest BCUT2D eigenvalue weighted by Crippen LogP contribution is -2.25. The average molecular weight is 431 g/mol. The van der Waals surface area contributed by atoms with Gasteiger partial charge in [0.25, 0.3) is 0 Å². The first-order valence-electron chi connectivity index (χ1n) is 9.87. The maximum atomic E-state index is 8.38. The lowest BCUT2D eigenvalue weighted by Gasteiger charge is -2.13. The van der Waals surface area contributed by atoms with Crippen LogP contribution in [0.15, 0.2) is 0 Å². The zero-order valence-corrected chi connectivity index (χ0v) is 18.8. The molecule has 0 saturated carbocycles. The zero-order chi connectivity index (χ0) is 24.9. The fraction of sp³-hybridized carbons (Fsp3) is 0.542. The molecule has 0 aliphatic rings. The highest BCUT2D eigenvalue weighted by molar-refractivity contribution is 4.91. The Morgan fingerprint density at radius 1 is 0.531 bits per heavy atom. The molecule has 0 heterocycles. The highest BCUT2D eigenvalue weighted by Gasteiger charge is 2.01. The summed E-state index contributed by atoms with van der Waals surface area (Å²) in [5.41, 5.74) is 0. The number of hydrogen-bond acceptors (Lipinski definition) is 8. The van der Waals surface area contributed by atoms with Gasteiger partial charge in [-0.25, -0.2) is 0 Å². The molecule has 0 aromatic carbocycles. The average Bonchev–Trinajstić information content (AvgIpc) is 2.79. The van der Waals surface area contributed by atoms with Crippen molar-refractivity contribution in [3.8, 4) is 67.4 Å². The Hall–Kier alpha value is -3.99. The van der Waals surface area contributed by atoms with E-state index in [1.165, 1.54) is 0 Å². The molecule has 0 saturated heterocycles. The molecule has 0 spiro atoms. The van der Waals surface area contributed by atoms with Crippen LogP contribution in [-0.2, 0) is 0 Å². The molecular weight excluding hydrogens is 400 g/mol. The number of rotatable bonds is 12. The second kappa shape index (κ2) is 29.2. The van der Waals surface area contributed by atoms with Crippen LogP contribution in [0.3, 0.4) is 0 Å². The first-order valence-corrected chi connectivity index (χ1v) is 9.87. The summed E-state index contributed by atoms with van der Waals surface area (Å²) in [6.45, 7) is 6.33. The molecule has 166 valence electrons. The summed E-state index contributed by atoms with van der Waals surface area (Å²) < 4.78 is 0. The Bertz CT molecular complexity index is 745. The Balaban J connectivity index is -0.000000398. The molecular formula is C24H30N8. The van der Waals surface area contributed by atoms with Crippen molar-refractivity contribution in [2.45, 2.75) is 26.2 Å². The second-order valence-electron chi connectivity index (χ2n) is 5.98. The van der Waals surface area contributed by atoms with Crippen molar-refractivity contribution in [2.75, 3.05) is 58.9 Å². The highest BCUT2D eigenvalue weighted by Crippen LogP contribution is 1.93. The molecule has 0 bridgehead atoms. The standard InChI is InChI=1S/C9H11N3.C8H9N3.C7H10N2/c1-2-3-4-7-12(8-5-10)9-6-11;1-2-3-6-11(7-4-9)8-5-10;1-3-6-9(4-2)7-5-8/h1H,3-4,7-9H2;1H,3,6-8H2;1H,4,6-7H2,2H3. The molecule has 0 amide bonds. The summed E-state index contributed by atoms with van der Waals surface area (Å²) in [6.07, 6.45) is 17.3. The summed E-state index contributed by atoms with van der Waals surface area (Å²) in [5.74, 6) is 7.45. The number of terminal acetylenes is 3. The van der Waals surface area contributed by atoms with Gasteiger partial charge in [0.15, 0.2) is 0 Å². The zero-order valence-electron chi connectivity index (χ0n) is 18.8. The molecule has 0 aliphatic heterocycles. The van der Waals surface area contributed by atoms with Crippen LogP contribution in [0.25, 0.3) is 0 Å². The van der Waals surface area contributed by atoms with Crippen molar-refractivity contribution in [2.24, 2.45) is 0 Å². The minimum Gasteiger partial charge on any atom is -0.280 e. The maximum Gasteiger partial charge on any atom is 0.0874 e. The van der Waals surface area contributed by atoms with Gasteiger partial charge < -0.3 is 0 Å².